The van der Waals surface area contributed by atoms with Crippen molar-refractivity contribution in [1.29, 1.82) is 0 Å². The topological polar surface area (TPSA) is 18.5 Å². The lowest BCUT2D eigenvalue weighted by molar-refractivity contribution is -0.205. The number of halogens is 3. The second-order valence-corrected chi connectivity index (χ2v) is 11.2. The van der Waals surface area contributed by atoms with Crippen LogP contribution in [0.2, 0.25) is 0 Å². The van der Waals surface area contributed by atoms with Crippen molar-refractivity contribution in [3.8, 4) is 22.3 Å². The van der Waals surface area contributed by atoms with Gasteiger partial charge in [0.15, 0.2) is 17.9 Å². The number of unbranched alkanes of at least 4 members (excludes halogenated alkanes) is 7. The summed E-state index contributed by atoms with van der Waals surface area (Å²) in [4.78, 5) is 0. The van der Waals surface area contributed by atoms with Crippen LogP contribution in [-0.2, 0) is 15.9 Å². The number of rotatable bonds is 15. The summed E-state index contributed by atoms with van der Waals surface area (Å²) >= 11 is 0. The summed E-state index contributed by atoms with van der Waals surface area (Å²) in [5.74, 6) is -1.67. The van der Waals surface area contributed by atoms with Gasteiger partial charge in [-0.15, -0.1) is 6.58 Å². The number of benzene rings is 3. The molecule has 2 nitrogen and oxygen atoms in total. The van der Waals surface area contributed by atoms with E-state index in [1.807, 2.05) is 6.08 Å². The molecule has 0 aliphatic carbocycles. The van der Waals surface area contributed by atoms with Crippen LogP contribution in [0.5, 0.6) is 0 Å². The van der Waals surface area contributed by atoms with Crippen molar-refractivity contribution in [3.05, 3.63) is 95.8 Å². The molecule has 0 N–H and O–H groups in total. The minimum absolute atomic E-state index is 0.211. The smallest absolute Gasteiger partial charge is 0.183 e. The summed E-state index contributed by atoms with van der Waals surface area (Å²) in [6.45, 7) is 7.10. The van der Waals surface area contributed by atoms with Crippen LogP contribution in [0.3, 0.4) is 0 Å². The van der Waals surface area contributed by atoms with Gasteiger partial charge in [-0.2, -0.15) is 0 Å². The van der Waals surface area contributed by atoms with Crippen molar-refractivity contribution in [1.82, 2.24) is 0 Å². The Morgan fingerprint density at radius 3 is 2.00 bits per heavy atom. The Hall–Kier alpha value is -2.89. The van der Waals surface area contributed by atoms with Crippen molar-refractivity contribution in [3.63, 3.8) is 0 Å². The Balaban J connectivity index is 1.34. The highest BCUT2D eigenvalue weighted by molar-refractivity contribution is 5.71. The molecule has 0 saturated carbocycles. The van der Waals surface area contributed by atoms with E-state index in [4.69, 9.17) is 9.47 Å². The molecule has 3 aromatic carbocycles. The van der Waals surface area contributed by atoms with Crippen LogP contribution in [0.1, 0.15) is 88.5 Å². The van der Waals surface area contributed by atoms with Crippen LogP contribution in [0.4, 0.5) is 13.2 Å². The minimum Gasteiger partial charge on any atom is -0.348 e. The maximum absolute atomic E-state index is 15.1. The summed E-state index contributed by atoms with van der Waals surface area (Å²) in [7, 11) is 0. The third kappa shape index (κ3) is 8.56. The molecule has 1 fully saturated rings. The maximum Gasteiger partial charge on any atom is 0.183 e. The molecule has 4 rings (SSSR count). The molecule has 1 heterocycles. The average Bonchev–Trinajstić information content (AvgIpc) is 3.00. The first-order chi connectivity index (χ1) is 20.0. The lowest BCUT2D eigenvalue weighted by atomic mass is 9.96. The lowest BCUT2D eigenvalue weighted by Crippen LogP contribution is -2.27. The molecule has 0 amide bonds. The highest BCUT2D eigenvalue weighted by atomic mass is 19.2. The van der Waals surface area contributed by atoms with Crippen molar-refractivity contribution >= 4 is 0 Å². The summed E-state index contributed by atoms with van der Waals surface area (Å²) in [6, 6.07) is 15.2. The molecule has 1 aliphatic heterocycles. The minimum atomic E-state index is -0.829. The molecular weight excluding hydrogens is 521 g/mol. The van der Waals surface area contributed by atoms with Crippen LogP contribution in [0.25, 0.3) is 22.3 Å². The predicted octanol–water partition coefficient (Wildman–Crippen LogP) is 10.7. The van der Waals surface area contributed by atoms with Crippen LogP contribution in [0.15, 0.2) is 67.3 Å². The Morgan fingerprint density at radius 1 is 0.756 bits per heavy atom. The molecule has 1 aliphatic rings. The van der Waals surface area contributed by atoms with Gasteiger partial charge in [-0.25, -0.2) is 13.2 Å². The molecule has 220 valence electrons. The molecular formula is C36H43F3O2. The largest absolute Gasteiger partial charge is 0.348 e. The summed E-state index contributed by atoms with van der Waals surface area (Å²) in [5.41, 5.74) is 2.90. The van der Waals surface area contributed by atoms with Gasteiger partial charge in [-0.1, -0.05) is 106 Å². The lowest BCUT2D eigenvalue weighted by Gasteiger charge is -2.29. The molecule has 1 saturated heterocycles. The van der Waals surface area contributed by atoms with E-state index in [1.165, 1.54) is 38.2 Å². The zero-order chi connectivity index (χ0) is 29.0. The Bertz CT molecular complexity index is 1250. The van der Waals surface area contributed by atoms with Crippen LogP contribution < -0.4 is 0 Å². The molecule has 0 unspecified atom stereocenters. The molecule has 41 heavy (non-hydrogen) atoms. The summed E-state index contributed by atoms with van der Waals surface area (Å²) < 4.78 is 56.7. The van der Waals surface area contributed by atoms with E-state index in [9.17, 15) is 4.39 Å². The van der Waals surface area contributed by atoms with Crippen molar-refractivity contribution in [2.45, 2.75) is 83.8 Å². The zero-order valence-corrected chi connectivity index (χ0v) is 24.3. The third-order valence-corrected chi connectivity index (χ3v) is 7.98. The predicted molar refractivity (Wildman–Crippen MR) is 161 cm³/mol. The summed E-state index contributed by atoms with van der Waals surface area (Å²) in [6.07, 6.45) is 13.0. The van der Waals surface area contributed by atoms with Gasteiger partial charge in [-0.05, 0) is 48.4 Å². The van der Waals surface area contributed by atoms with E-state index in [1.54, 1.807) is 48.5 Å². The first-order valence-electron chi connectivity index (χ1n) is 15.2. The van der Waals surface area contributed by atoms with Gasteiger partial charge in [-0.3, -0.25) is 0 Å². The Morgan fingerprint density at radius 2 is 1.37 bits per heavy atom. The van der Waals surface area contributed by atoms with E-state index in [2.05, 4.69) is 13.5 Å². The van der Waals surface area contributed by atoms with Gasteiger partial charge in [0.25, 0.3) is 0 Å². The highest BCUT2D eigenvalue weighted by Crippen LogP contribution is 2.33. The number of hydrogen-bond donors (Lipinski definition) is 0. The standard InChI is InChI=1S/C36H43F3O2/c1-3-5-7-8-9-10-11-12-14-29-19-22-32(35(39)34(29)38)28-17-15-27(16-18-28)31-21-20-30(23-33(31)37)36-40-24-26(25-41-36)13-6-4-2/h4,15-23,26,36H,2-3,5-14,24-25H2,1H3. The molecule has 3 aromatic rings. The monoisotopic (exact) mass is 564 g/mol. The van der Waals surface area contributed by atoms with Crippen molar-refractivity contribution in [2.75, 3.05) is 13.2 Å². The van der Waals surface area contributed by atoms with E-state index in [0.717, 1.165) is 32.1 Å². The highest BCUT2D eigenvalue weighted by Gasteiger charge is 2.24. The van der Waals surface area contributed by atoms with Gasteiger partial charge in [0.05, 0.1) is 13.2 Å². The maximum atomic E-state index is 15.1. The van der Waals surface area contributed by atoms with E-state index >= 15 is 8.78 Å². The number of allylic oxidation sites excluding steroid dienone is 1. The van der Waals surface area contributed by atoms with Crippen LogP contribution in [0, 0.1) is 23.4 Å². The molecule has 0 bridgehead atoms. The van der Waals surface area contributed by atoms with E-state index in [-0.39, 0.29) is 5.56 Å². The van der Waals surface area contributed by atoms with Crippen molar-refractivity contribution in [2.24, 2.45) is 5.92 Å². The SMILES string of the molecule is C=CCCC1COC(c2ccc(-c3ccc(-c4ccc(CCCCCCCCCC)c(F)c4F)cc3)c(F)c2)OC1. The Labute approximate surface area is 243 Å². The first-order valence-corrected chi connectivity index (χ1v) is 15.2. The normalized spacial score (nSPS) is 17.1. The molecule has 0 spiro atoms. The van der Waals surface area contributed by atoms with Gasteiger partial charge in [0.1, 0.15) is 5.82 Å². The summed E-state index contributed by atoms with van der Waals surface area (Å²) in [5, 5.41) is 0. The fourth-order valence-corrected chi connectivity index (χ4v) is 5.45. The fraction of sp³-hybridized carbons (Fsp3) is 0.444. The molecule has 5 heteroatoms. The van der Waals surface area contributed by atoms with Gasteiger partial charge >= 0.3 is 0 Å². The van der Waals surface area contributed by atoms with E-state index < -0.39 is 23.7 Å². The van der Waals surface area contributed by atoms with Gasteiger partial charge in [0.2, 0.25) is 0 Å². The third-order valence-electron chi connectivity index (χ3n) is 7.98. The van der Waals surface area contributed by atoms with Gasteiger partial charge in [0, 0.05) is 22.6 Å². The number of ether oxygens (including phenoxy) is 2. The fourth-order valence-electron chi connectivity index (χ4n) is 5.45. The second kappa shape index (κ2) is 15.9. The molecule has 0 aromatic heterocycles. The van der Waals surface area contributed by atoms with Crippen LogP contribution >= 0.6 is 0 Å². The van der Waals surface area contributed by atoms with Crippen LogP contribution in [-0.4, -0.2) is 13.2 Å². The van der Waals surface area contributed by atoms with Crippen molar-refractivity contribution < 1.29 is 22.6 Å². The number of hydrogen-bond acceptors (Lipinski definition) is 2. The second-order valence-electron chi connectivity index (χ2n) is 11.2. The zero-order valence-electron chi connectivity index (χ0n) is 24.3. The molecule has 0 radical (unpaired) electrons. The first kappa shape index (κ1) is 31.1. The van der Waals surface area contributed by atoms with Gasteiger partial charge < -0.3 is 9.47 Å². The quantitative estimate of drug-likeness (QED) is 0.135. The number of aryl methyl sites for hydroxylation is 1. The Kier molecular flexibility index (Phi) is 12.1. The molecule has 0 atom stereocenters. The van der Waals surface area contributed by atoms with E-state index in [0.29, 0.717) is 53.4 Å². The average molecular weight is 565 g/mol.